The number of anilines is 1. The van der Waals surface area contributed by atoms with Crippen molar-refractivity contribution >= 4 is 17.9 Å². The van der Waals surface area contributed by atoms with Gasteiger partial charge in [0.05, 0.1) is 25.8 Å². The molecule has 2 aliphatic rings. The van der Waals surface area contributed by atoms with Crippen molar-refractivity contribution < 1.29 is 19.4 Å². The van der Waals surface area contributed by atoms with Gasteiger partial charge in [-0.25, -0.2) is 0 Å². The maximum absolute atomic E-state index is 12.3. The predicted octanol–water partition coefficient (Wildman–Crippen LogP) is 2.48. The van der Waals surface area contributed by atoms with Crippen LogP contribution >= 0.6 is 0 Å². The number of aldehydes is 1. The zero-order valence-corrected chi connectivity index (χ0v) is 16.0. The highest BCUT2D eigenvalue weighted by atomic mass is 16.5. The number of ether oxygens (including phenoxy) is 1. The van der Waals surface area contributed by atoms with Gasteiger partial charge in [-0.05, 0) is 42.9 Å². The second kappa shape index (κ2) is 8.57. The van der Waals surface area contributed by atoms with E-state index in [-0.39, 0.29) is 30.5 Å². The van der Waals surface area contributed by atoms with Gasteiger partial charge in [0, 0.05) is 31.1 Å². The Morgan fingerprint density at radius 2 is 2.26 bits per heavy atom. The van der Waals surface area contributed by atoms with E-state index in [2.05, 4.69) is 11.4 Å². The number of carbonyl (C=O) groups excluding carboxylic acids is 2. The molecule has 0 bridgehead atoms. The summed E-state index contributed by atoms with van der Waals surface area (Å²) in [7, 11) is 1.64. The van der Waals surface area contributed by atoms with Crippen LogP contribution in [-0.4, -0.2) is 54.5 Å². The normalized spacial score (nSPS) is 25.4. The van der Waals surface area contributed by atoms with Crippen molar-refractivity contribution in [3.05, 3.63) is 35.4 Å². The standard InChI is InChI=1S/C21H28N2O4/c1-14(26)23-10-4-6-15(12-24)5-3-7-18-17-9-8-16(27-2)11-19(17)22-21(18)20(23)13-25/h5,8-9,11-12,18,20-22,25H,3-4,6-7,10,13H2,1-2H3. The minimum absolute atomic E-state index is 0.0565. The van der Waals surface area contributed by atoms with Crippen LogP contribution in [0.15, 0.2) is 29.8 Å². The summed E-state index contributed by atoms with van der Waals surface area (Å²) in [5.74, 6) is 0.861. The minimum Gasteiger partial charge on any atom is -0.497 e. The van der Waals surface area contributed by atoms with E-state index in [0.29, 0.717) is 19.4 Å². The lowest BCUT2D eigenvalue weighted by atomic mass is 9.86. The number of aliphatic hydroxyl groups excluding tert-OH is 1. The van der Waals surface area contributed by atoms with E-state index < -0.39 is 0 Å². The first-order valence-corrected chi connectivity index (χ1v) is 9.55. The molecule has 6 heteroatoms. The van der Waals surface area contributed by atoms with Crippen LogP contribution in [-0.2, 0) is 9.59 Å². The number of fused-ring (bicyclic) bond motifs is 3. The smallest absolute Gasteiger partial charge is 0.219 e. The molecular formula is C21H28N2O4. The van der Waals surface area contributed by atoms with Crippen LogP contribution in [0, 0.1) is 0 Å². The van der Waals surface area contributed by atoms with Crippen molar-refractivity contribution in [1.29, 1.82) is 0 Å². The Bertz CT molecular complexity index is 731. The molecule has 3 rings (SSSR count). The number of allylic oxidation sites excluding steroid dienone is 2. The largest absolute Gasteiger partial charge is 0.497 e. The van der Waals surface area contributed by atoms with Crippen molar-refractivity contribution in [2.24, 2.45) is 0 Å². The molecule has 2 heterocycles. The Kier molecular flexibility index (Phi) is 6.16. The number of nitrogens with one attached hydrogen (secondary N) is 1. The molecule has 0 saturated carbocycles. The lowest BCUT2D eigenvalue weighted by Gasteiger charge is -2.36. The lowest BCUT2D eigenvalue weighted by molar-refractivity contribution is -0.132. The van der Waals surface area contributed by atoms with E-state index in [1.54, 1.807) is 18.9 Å². The zero-order valence-electron chi connectivity index (χ0n) is 16.0. The summed E-state index contributed by atoms with van der Waals surface area (Å²) in [6.45, 7) is 1.96. The van der Waals surface area contributed by atoms with E-state index in [0.717, 1.165) is 36.1 Å². The van der Waals surface area contributed by atoms with E-state index in [1.807, 2.05) is 18.2 Å². The summed E-state index contributed by atoms with van der Waals surface area (Å²) in [4.78, 5) is 25.4. The van der Waals surface area contributed by atoms with Crippen molar-refractivity contribution in [2.45, 2.75) is 50.6 Å². The van der Waals surface area contributed by atoms with E-state index in [4.69, 9.17) is 4.74 Å². The van der Waals surface area contributed by atoms with Crippen LogP contribution in [0.25, 0.3) is 0 Å². The molecule has 2 N–H and O–H groups in total. The number of benzene rings is 1. The molecule has 0 saturated heterocycles. The first-order valence-electron chi connectivity index (χ1n) is 9.55. The molecule has 1 aromatic rings. The minimum atomic E-state index is -0.316. The van der Waals surface area contributed by atoms with Crippen LogP contribution < -0.4 is 10.1 Å². The van der Waals surface area contributed by atoms with Crippen LogP contribution in [0.5, 0.6) is 5.75 Å². The Labute approximate surface area is 160 Å². The maximum Gasteiger partial charge on any atom is 0.219 e. The number of aliphatic hydroxyl groups is 1. The second-order valence-electron chi connectivity index (χ2n) is 7.27. The number of hydrogen-bond acceptors (Lipinski definition) is 5. The molecule has 3 atom stereocenters. The first kappa shape index (κ1) is 19.4. The molecular weight excluding hydrogens is 344 g/mol. The molecule has 3 unspecified atom stereocenters. The third kappa shape index (κ3) is 4.00. The zero-order chi connectivity index (χ0) is 19.4. The quantitative estimate of drug-likeness (QED) is 0.797. The molecule has 0 aromatic heterocycles. The van der Waals surface area contributed by atoms with Gasteiger partial charge in [-0.1, -0.05) is 12.1 Å². The summed E-state index contributed by atoms with van der Waals surface area (Å²) >= 11 is 0. The highest BCUT2D eigenvalue weighted by molar-refractivity contribution is 5.75. The molecule has 1 aromatic carbocycles. The van der Waals surface area contributed by atoms with Crippen LogP contribution in [0.3, 0.4) is 0 Å². The maximum atomic E-state index is 12.3. The average molecular weight is 372 g/mol. The Morgan fingerprint density at radius 1 is 1.44 bits per heavy atom. The van der Waals surface area contributed by atoms with Gasteiger partial charge in [0.25, 0.3) is 0 Å². The molecule has 1 amide bonds. The van der Waals surface area contributed by atoms with Crippen LogP contribution in [0.2, 0.25) is 0 Å². The van der Waals surface area contributed by atoms with Gasteiger partial charge >= 0.3 is 0 Å². The van der Waals surface area contributed by atoms with Gasteiger partial charge < -0.3 is 20.1 Å². The molecule has 2 aliphatic heterocycles. The van der Waals surface area contributed by atoms with E-state index in [9.17, 15) is 14.7 Å². The fourth-order valence-electron chi connectivity index (χ4n) is 4.36. The van der Waals surface area contributed by atoms with Gasteiger partial charge in [-0.2, -0.15) is 0 Å². The number of rotatable bonds is 3. The molecule has 6 nitrogen and oxygen atoms in total. The summed E-state index contributed by atoms with van der Waals surface area (Å²) in [6.07, 6.45) is 5.93. The van der Waals surface area contributed by atoms with Crippen LogP contribution in [0.1, 0.15) is 44.1 Å². The molecule has 0 aliphatic carbocycles. The van der Waals surface area contributed by atoms with Gasteiger partial charge in [-0.15, -0.1) is 0 Å². The second-order valence-corrected chi connectivity index (χ2v) is 7.27. The third-order valence-corrected chi connectivity index (χ3v) is 5.72. The SMILES string of the molecule is COc1ccc2c(c1)NC1C2CCC=C(C=O)CCCN(C(C)=O)C1CO. The first-order chi connectivity index (χ1) is 13.1. The van der Waals surface area contributed by atoms with Gasteiger partial charge in [0.15, 0.2) is 0 Å². The monoisotopic (exact) mass is 372 g/mol. The molecule has 0 radical (unpaired) electrons. The predicted molar refractivity (Wildman–Crippen MR) is 104 cm³/mol. The lowest BCUT2D eigenvalue weighted by Crippen LogP contribution is -2.52. The Hall–Kier alpha value is -2.34. The van der Waals surface area contributed by atoms with E-state index >= 15 is 0 Å². The molecule has 0 spiro atoms. The summed E-state index contributed by atoms with van der Waals surface area (Å²) in [5.41, 5.74) is 2.95. The highest BCUT2D eigenvalue weighted by Gasteiger charge is 2.40. The summed E-state index contributed by atoms with van der Waals surface area (Å²) < 4.78 is 5.34. The van der Waals surface area contributed by atoms with Gasteiger partial charge in [0.2, 0.25) is 5.91 Å². The average Bonchev–Trinajstić information content (AvgIpc) is 3.01. The molecule has 146 valence electrons. The topological polar surface area (TPSA) is 78.9 Å². The number of nitrogens with zero attached hydrogens (tertiary/aromatic N) is 1. The van der Waals surface area contributed by atoms with Crippen molar-refractivity contribution in [3.63, 3.8) is 0 Å². The van der Waals surface area contributed by atoms with Gasteiger partial charge in [-0.3, -0.25) is 9.59 Å². The van der Waals surface area contributed by atoms with E-state index in [1.165, 1.54) is 5.56 Å². The summed E-state index contributed by atoms with van der Waals surface area (Å²) in [6, 6.07) is 5.57. The third-order valence-electron chi connectivity index (χ3n) is 5.72. The van der Waals surface area contributed by atoms with Crippen molar-refractivity contribution in [2.75, 3.05) is 25.6 Å². The van der Waals surface area contributed by atoms with Crippen molar-refractivity contribution in [1.82, 2.24) is 4.90 Å². The Balaban J connectivity index is 1.99. The number of hydrogen-bond donors (Lipinski definition) is 2. The fourth-order valence-corrected chi connectivity index (χ4v) is 4.36. The van der Waals surface area contributed by atoms with Crippen LogP contribution in [0.4, 0.5) is 5.69 Å². The Morgan fingerprint density at radius 3 is 2.93 bits per heavy atom. The number of methoxy groups -OCH3 is 1. The molecule has 0 fully saturated rings. The number of amides is 1. The summed E-state index contributed by atoms with van der Waals surface area (Å²) in [5, 5.41) is 13.7. The van der Waals surface area contributed by atoms with Crippen molar-refractivity contribution in [3.8, 4) is 5.75 Å². The van der Waals surface area contributed by atoms with Gasteiger partial charge in [0.1, 0.15) is 12.0 Å². The fraction of sp³-hybridized carbons (Fsp3) is 0.524. The molecule has 27 heavy (non-hydrogen) atoms. The highest BCUT2D eigenvalue weighted by Crippen LogP contribution is 2.43. The number of carbonyl (C=O) groups is 2.